The molecule has 7 heteroatoms. The van der Waals surface area contributed by atoms with Gasteiger partial charge in [-0.1, -0.05) is 0 Å². The van der Waals surface area contributed by atoms with E-state index >= 15 is 0 Å². The molecule has 16 heavy (non-hydrogen) atoms. The Bertz CT molecular complexity index is 311. The van der Waals surface area contributed by atoms with Gasteiger partial charge in [0.1, 0.15) is 19.5 Å². The van der Waals surface area contributed by atoms with Crippen LogP contribution in [0.1, 0.15) is 6.92 Å². The van der Waals surface area contributed by atoms with Crippen LogP contribution >= 0.6 is 0 Å². The normalized spacial score (nSPS) is 18.5. The van der Waals surface area contributed by atoms with Crippen LogP contribution in [0.5, 0.6) is 0 Å². The fourth-order valence-electron chi connectivity index (χ4n) is 1.09. The van der Waals surface area contributed by atoms with E-state index in [1.807, 2.05) is 0 Å². The Hall–Kier alpha value is -1.76. The van der Waals surface area contributed by atoms with Crippen LogP contribution < -0.4 is 5.32 Å². The van der Waals surface area contributed by atoms with Gasteiger partial charge in [0.05, 0.1) is 6.10 Å². The molecule has 0 aromatic heterocycles. The summed E-state index contributed by atoms with van der Waals surface area (Å²) in [5, 5.41) is 20.0. The van der Waals surface area contributed by atoms with Gasteiger partial charge in [-0.05, 0) is 6.92 Å². The fourth-order valence-corrected chi connectivity index (χ4v) is 1.09. The summed E-state index contributed by atoms with van der Waals surface area (Å²) >= 11 is 0. The van der Waals surface area contributed by atoms with Crippen molar-refractivity contribution in [1.82, 2.24) is 5.32 Å². The first kappa shape index (κ1) is 12.3. The number of carboxylic acids is 1. The number of amides is 1. The lowest BCUT2D eigenvalue weighted by atomic mass is 10.2. The largest absolute Gasteiger partial charge is 0.494 e. The average molecular weight is 231 g/mol. The van der Waals surface area contributed by atoms with Crippen molar-refractivity contribution >= 4 is 11.9 Å². The lowest BCUT2D eigenvalue weighted by Crippen LogP contribution is -2.48. The zero-order valence-electron chi connectivity index (χ0n) is 8.67. The smallest absolute Gasteiger partial charge is 0.328 e. The summed E-state index contributed by atoms with van der Waals surface area (Å²) in [5.74, 6) is -2.15. The molecular formula is C9H13NO6. The van der Waals surface area contributed by atoms with E-state index in [4.69, 9.17) is 19.7 Å². The molecule has 0 saturated heterocycles. The SMILES string of the molecule is C[C@@H](O)[C@H](NC(=O)C1=COCCO1)C(=O)O. The van der Waals surface area contributed by atoms with Crippen molar-refractivity contribution in [3.05, 3.63) is 12.0 Å². The molecular weight excluding hydrogens is 218 g/mol. The Morgan fingerprint density at radius 2 is 2.19 bits per heavy atom. The number of carbonyl (C=O) groups excluding carboxylic acids is 1. The zero-order chi connectivity index (χ0) is 12.1. The molecule has 0 saturated carbocycles. The van der Waals surface area contributed by atoms with Gasteiger partial charge >= 0.3 is 5.97 Å². The van der Waals surface area contributed by atoms with Gasteiger partial charge in [-0.15, -0.1) is 0 Å². The topological polar surface area (TPSA) is 105 Å². The van der Waals surface area contributed by atoms with Crippen molar-refractivity contribution in [3.63, 3.8) is 0 Å². The highest BCUT2D eigenvalue weighted by molar-refractivity contribution is 5.94. The molecule has 1 aliphatic heterocycles. The van der Waals surface area contributed by atoms with Gasteiger partial charge in [0.2, 0.25) is 5.76 Å². The number of rotatable bonds is 4. The number of carbonyl (C=O) groups is 2. The van der Waals surface area contributed by atoms with E-state index in [9.17, 15) is 9.59 Å². The molecule has 0 unspecified atom stereocenters. The zero-order valence-corrected chi connectivity index (χ0v) is 8.67. The molecule has 1 heterocycles. The average Bonchev–Trinajstić information content (AvgIpc) is 2.25. The predicted molar refractivity (Wildman–Crippen MR) is 51.2 cm³/mol. The van der Waals surface area contributed by atoms with Crippen LogP contribution in [0.3, 0.4) is 0 Å². The minimum atomic E-state index is -1.38. The summed E-state index contributed by atoms with van der Waals surface area (Å²) < 4.78 is 9.80. The Morgan fingerprint density at radius 3 is 2.62 bits per heavy atom. The molecule has 0 aromatic carbocycles. The summed E-state index contributed by atoms with van der Waals surface area (Å²) in [6.45, 7) is 1.84. The second-order valence-electron chi connectivity index (χ2n) is 3.23. The number of carboxylic acid groups (broad SMARTS) is 1. The second kappa shape index (κ2) is 5.36. The summed E-state index contributed by atoms with van der Waals surface area (Å²) in [5.41, 5.74) is 0. The summed E-state index contributed by atoms with van der Waals surface area (Å²) in [7, 11) is 0. The minimum Gasteiger partial charge on any atom is -0.494 e. The van der Waals surface area contributed by atoms with Crippen LogP contribution in [0.2, 0.25) is 0 Å². The minimum absolute atomic E-state index is 0.0989. The molecule has 0 aliphatic carbocycles. The number of aliphatic hydroxyl groups is 1. The van der Waals surface area contributed by atoms with Gasteiger partial charge in [0.15, 0.2) is 6.04 Å². The van der Waals surface area contributed by atoms with Crippen LogP contribution in [0, 0.1) is 0 Å². The maximum Gasteiger partial charge on any atom is 0.328 e. The number of ether oxygens (including phenoxy) is 2. The monoisotopic (exact) mass is 231 g/mol. The molecule has 1 rings (SSSR count). The quantitative estimate of drug-likeness (QED) is 0.562. The lowest BCUT2D eigenvalue weighted by molar-refractivity contribution is -0.144. The van der Waals surface area contributed by atoms with E-state index in [0.29, 0.717) is 6.61 Å². The second-order valence-corrected chi connectivity index (χ2v) is 3.23. The summed E-state index contributed by atoms with van der Waals surface area (Å²) in [6.07, 6.45) is -0.0914. The molecule has 0 aromatic rings. The first-order valence-corrected chi connectivity index (χ1v) is 4.68. The van der Waals surface area contributed by atoms with Crippen molar-refractivity contribution in [1.29, 1.82) is 0 Å². The first-order valence-electron chi connectivity index (χ1n) is 4.68. The van der Waals surface area contributed by atoms with E-state index in [0.717, 1.165) is 6.26 Å². The standard InChI is InChI=1S/C9H13NO6/c1-5(11)7(9(13)14)10-8(12)6-4-15-2-3-16-6/h4-5,7,11H,2-3H2,1H3,(H,10,12)(H,13,14)/t5-,7+/m1/s1. The maximum atomic E-state index is 11.5. The molecule has 0 spiro atoms. The molecule has 0 fully saturated rings. The fraction of sp³-hybridized carbons (Fsp3) is 0.556. The number of aliphatic hydroxyl groups excluding tert-OH is 1. The highest BCUT2D eigenvalue weighted by atomic mass is 16.6. The summed E-state index contributed by atoms with van der Waals surface area (Å²) in [4.78, 5) is 22.2. The van der Waals surface area contributed by atoms with Crippen LogP contribution in [0.25, 0.3) is 0 Å². The molecule has 2 atom stereocenters. The van der Waals surface area contributed by atoms with Crippen LogP contribution in [-0.2, 0) is 19.1 Å². The van der Waals surface area contributed by atoms with Crippen molar-refractivity contribution < 1.29 is 29.3 Å². The van der Waals surface area contributed by atoms with E-state index < -0.39 is 24.0 Å². The third-order valence-electron chi connectivity index (χ3n) is 1.91. The van der Waals surface area contributed by atoms with Gasteiger partial charge in [-0.25, -0.2) is 4.79 Å². The Balaban J connectivity index is 2.61. The third-order valence-corrected chi connectivity index (χ3v) is 1.91. The third kappa shape index (κ3) is 3.13. The highest BCUT2D eigenvalue weighted by Gasteiger charge is 2.27. The molecule has 0 radical (unpaired) electrons. The van der Waals surface area contributed by atoms with E-state index in [1.165, 1.54) is 6.92 Å². The molecule has 1 amide bonds. The molecule has 0 bridgehead atoms. The van der Waals surface area contributed by atoms with Crippen LogP contribution in [0.15, 0.2) is 12.0 Å². The number of nitrogens with one attached hydrogen (secondary N) is 1. The van der Waals surface area contributed by atoms with Gasteiger partial charge < -0.3 is 25.0 Å². The van der Waals surface area contributed by atoms with Crippen LogP contribution in [0.4, 0.5) is 0 Å². The Kier molecular flexibility index (Phi) is 4.12. The van der Waals surface area contributed by atoms with Crippen molar-refractivity contribution in [2.24, 2.45) is 0 Å². The lowest BCUT2D eigenvalue weighted by Gasteiger charge is -2.19. The molecule has 7 nitrogen and oxygen atoms in total. The van der Waals surface area contributed by atoms with Crippen molar-refractivity contribution in [3.8, 4) is 0 Å². The van der Waals surface area contributed by atoms with Gasteiger partial charge in [-0.2, -0.15) is 0 Å². The molecule has 1 aliphatic rings. The summed E-state index contributed by atoms with van der Waals surface area (Å²) in [6, 6.07) is -1.38. The first-order chi connectivity index (χ1) is 7.52. The molecule has 3 N–H and O–H groups in total. The maximum absolute atomic E-state index is 11.5. The molecule has 90 valence electrons. The van der Waals surface area contributed by atoms with E-state index in [1.54, 1.807) is 0 Å². The number of hydrogen-bond donors (Lipinski definition) is 3. The van der Waals surface area contributed by atoms with Gasteiger partial charge in [0.25, 0.3) is 5.91 Å². The highest BCUT2D eigenvalue weighted by Crippen LogP contribution is 2.05. The number of aliphatic carboxylic acids is 1. The van der Waals surface area contributed by atoms with E-state index in [-0.39, 0.29) is 12.4 Å². The number of hydrogen-bond acceptors (Lipinski definition) is 5. The van der Waals surface area contributed by atoms with E-state index in [2.05, 4.69) is 5.32 Å². The predicted octanol–water partition coefficient (Wildman–Crippen LogP) is -1.18. The van der Waals surface area contributed by atoms with Gasteiger partial charge in [0, 0.05) is 0 Å². The Morgan fingerprint density at radius 1 is 1.50 bits per heavy atom. The van der Waals surface area contributed by atoms with Crippen molar-refractivity contribution in [2.75, 3.05) is 13.2 Å². The van der Waals surface area contributed by atoms with Crippen LogP contribution in [-0.4, -0.2) is 47.4 Å². The van der Waals surface area contributed by atoms with Crippen molar-refractivity contribution in [2.45, 2.75) is 19.1 Å². The van der Waals surface area contributed by atoms with Gasteiger partial charge in [-0.3, -0.25) is 4.79 Å². The Labute approximate surface area is 91.7 Å².